The number of aliphatic hydroxyl groups excluding tert-OH is 1. The van der Waals surface area contributed by atoms with Crippen molar-refractivity contribution in [3.8, 4) is 0 Å². The molecule has 0 aromatic rings. The Balaban J connectivity index is 0. The van der Waals surface area contributed by atoms with Crippen molar-refractivity contribution in [1.29, 1.82) is 0 Å². The minimum atomic E-state index is -1.57. The molecule has 0 aliphatic heterocycles. The standard InChI is InChI=1S/C9H18O3.C5H11.C4H9.2CH3.Sn/c1-3-4-5-6-9(11)12-7-8(2)10;1-3-5-4-2;1-3-4-2;;;/h8,10H,3-7H2,1-2H3;3H,4-5H2,1-2H3;1,3-4H2,2H3;2*1H3;. The molecule has 0 aliphatic rings. The van der Waals surface area contributed by atoms with Gasteiger partial charge >= 0.3 is 89.1 Å². The van der Waals surface area contributed by atoms with Crippen LogP contribution in [0.1, 0.15) is 86.0 Å². The fraction of sp³-hybridized carbons (Fsp3) is 0.950. The molecular weight excluding hydrogens is 407 g/mol. The van der Waals surface area contributed by atoms with E-state index in [0.29, 0.717) is 6.42 Å². The second-order valence-electron chi connectivity index (χ2n) is 7.77. The van der Waals surface area contributed by atoms with E-state index in [1.54, 1.807) is 11.4 Å². The monoisotopic (exact) mass is 452 g/mol. The van der Waals surface area contributed by atoms with Crippen LogP contribution in [0.4, 0.5) is 0 Å². The van der Waals surface area contributed by atoms with Crippen molar-refractivity contribution >= 4 is 24.3 Å². The average Bonchev–Trinajstić information content (AvgIpc) is 2.52. The summed E-state index contributed by atoms with van der Waals surface area (Å²) in [5, 5.41) is 8.80. The van der Waals surface area contributed by atoms with Crippen LogP contribution >= 0.6 is 0 Å². The zero-order valence-corrected chi connectivity index (χ0v) is 20.3. The Bertz CT molecular complexity index is 291. The van der Waals surface area contributed by atoms with Gasteiger partial charge in [0.25, 0.3) is 0 Å². The molecular formula is C20H44O3Sn. The summed E-state index contributed by atoms with van der Waals surface area (Å²) >= 11 is -1.57. The number of carbonyl (C=O) groups excluding carboxylic acids is 1. The van der Waals surface area contributed by atoms with Crippen molar-refractivity contribution in [1.82, 2.24) is 0 Å². The van der Waals surface area contributed by atoms with Crippen molar-refractivity contribution in [2.24, 2.45) is 0 Å². The number of esters is 1. The van der Waals surface area contributed by atoms with Crippen molar-refractivity contribution in [3.63, 3.8) is 0 Å². The van der Waals surface area contributed by atoms with Gasteiger partial charge in [-0.05, 0) is 13.3 Å². The minimum absolute atomic E-state index is 0.116. The van der Waals surface area contributed by atoms with Crippen molar-refractivity contribution in [2.45, 2.75) is 110 Å². The van der Waals surface area contributed by atoms with Gasteiger partial charge in [-0.15, -0.1) is 0 Å². The molecule has 0 heterocycles. The van der Waals surface area contributed by atoms with Gasteiger partial charge in [-0.2, -0.15) is 0 Å². The zero-order chi connectivity index (χ0) is 19.0. The summed E-state index contributed by atoms with van der Waals surface area (Å²) in [4.78, 5) is 16.1. The Morgan fingerprint density at radius 3 is 2.04 bits per heavy atom. The maximum absolute atomic E-state index is 10.9. The predicted molar refractivity (Wildman–Crippen MR) is 108 cm³/mol. The van der Waals surface area contributed by atoms with Gasteiger partial charge in [0, 0.05) is 6.42 Å². The molecule has 0 rings (SSSR count). The number of unbranched alkanes of at least 4 members (excludes halogenated alkanes) is 3. The zero-order valence-electron chi connectivity index (χ0n) is 17.5. The quantitative estimate of drug-likeness (QED) is 0.219. The van der Waals surface area contributed by atoms with E-state index in [2.05, 4.69) is 37.6 Å². The van der Waals surface area contributed by atoms with E-state index in [1.165, 1.54) is 25.7 Å². The van der Waals surface area contributed by atoms with Gasteiger partial charge in [0.15, 0.2) is 0 Å². The normalized spacial score (nSPS) is 13.7. The molecule has 3 nitrogen and oxygen atoms in total. The second-order valence-corrected chi connectivity index (χ2v) is 23.4. The molecule has 0 aromatic carbocycles. The first kappa shape index (κ1) is 26.5. The van der Waals surface area contributed by atoms with Gasteiger partial charge < -0.3 is 9.84 Å². The average molecular weight is 451 g/mol. The van der Waals surface area contributed by atoms with E-state index in [1.807, 2.05) is 0 Å². The first-order valence-corrected chi connectivity index (χ1v) is 19.4. The van der Waals surface area contributed by atoms with E-state index in [4.69, 9.17) is 9.84 Å². The van der Waals surface area contributed by atoms with Crippen molar-refractivity contribution in [3.05, 3.63) is 0 Å². The first-order valence-electron chi connectivity index (χ1n) is 10.0. The third kappa shape index (κ3) is 17.1. The Morgan fingerprint density at radius 1 is 1.00 bits per heavy atom. The third-order valence-electron chi connectivity index (χ3n) is 4.70. The fourth-order valence-corrected chi connectivity index (χ4v) is 10.6. The second kappa shape index (κ2) is 16.7. The van der Waals surface area contributed by atoms with Gasteiger partial charge in [-0.25, -0.2) is 0 Å². The molecule has 0 spiro atoms. The van der Waals surface area contributed by atoms with Gasteiger partial charge in [0.2, 0.25) is 0 Å². The number of hydrogen-bond donors (Lipinski definition) is 1. The van der Waals surface area contributed by atoms with Crippen LogP contribution in [0.25, 0.3) is 0 Å². The van der Waals surface area contributed by atoms with Crippen LogP contribution in [0.2, 0.25) is 18.2 Å². The third-order valence-corrected chi connectivity index (χ3v) is 17.8. The summed E-state index contributed by atoms with van der Waals surface area (Å²) in [7, 11) is 0. The Hall–Kier alpha value is 0.229. The molecule has 1 N–H and O–H groups in total. The Labute approximate surface area is 155 Å². The fourth-order valence-electron chi connectivity index (χ4n) is 2.51. The summed E-state index contributed by atoms with van der Waals surface area (Å²) in [5.74, 6) is -0.204. The number of ether oxygens (including phenoxy) is 1. The van der Waals surface area contributed by atoms with E-state index in [-0.39, 0.29) is 12.6 Å². The van der Waals surface area contributed by atoms with Crippen LogP contribution in [-0.4, -0.2) is 42.2 Å². The number of rotatable bonds is 12. The van der Waals surface area contributed by atoms with Crippen LogP contribution in [-0.2, 0) is 9.53 Å². The van der Waals surface area contributed by atoms with E-state index >= 15 is 0 Å². The summed E-state index contributed by atoms with van der Waals surface area (Å²) in [6.45, 7) is 10.9. The summed E-state index contributed by atoms with van der Waals surface area (Å²) in [6.07, 6.45) is 8.69. The molecule has 0 aromatic heterocycles. The molecule has 146 valence electrons. The molecule has 0 fully saturated rings. The van der Waals surface area contributed by atoms with Crippen LogP contribution in [0, 0.1) is 0 Å². The number of hydrogen-bond acceptors (Lipinski definition) is 3. The Morgan fingerprint density at radius 2 is 1.58 bits per heavy atom. The van der Waals surface area contributed by atoms with Crippen LogP contribution in [0.15, 0.2) is 0 Å². The number of aliphatic hydroxyl groups is 1. The van der Waals surface area contributed by atoms with Crippen LogP contribution in [0.3, 0.4) is 0 Å². The molecule has 0 saturated heterocycles. The molecule has 0 radical (unpaired) electrons. The summed E-state index contributed by atoms with van der Waals surface area (Å²) < 4.78 is 7.46. The molecule has 2 unspecified atom stereocenters. The topological polar surface area (TPSA) is 46.5 Å². The van der Waals surface area contributed by atoms with Gasteiger partial charge in [0.05, 0.1) is 6.10 Å². The van der Waals surface area contributed by atoms with E-state index in [0.717, 1.165) is 23.2 Å². The maximum atomic E-state index is 10.9. The molecule has 0 aliphatic carbocycles. The van der Waals surface area contributed by atoms with Crippen molar-refractivity contribution < 1.29 is 14.6 Å². The van der Waals surface area contributed by atoms with Crippen LogP contribution < -0.4 is 0 Å². The predicted octanol–water partition coefficient (Wildman–Crippen LogP) is 6.18. The molecule has 0 bridgehead atoms. The molecule has 2 atom stereocenters. The summed E-state index contributed by atoms with van der Waals surface area (Å²) in [5.41, 5.74) is 0. The first-order chi connectivity index (χ1) is 11.2. The van der Waals surface area contributed by atoms with Crippen molar-refractivity contribution in [2.75, 3.05) is 6.61 Å². The molecule has 24 heavy (non-hydrogen) atoms. The van der Waals surface area contributed by atoms with E-state index in [9.17, 15) is 4.79 Å². The Kier molecular flexibility index (Phi) is 18.4. The molecule has 0 saturated carbocycles. The van der Waals surface area contributed by atoms with Gasteiger partial charge in [-0.3, -0.25) is 4.79 Å². The SMILES string of the molecule is CCCCCC(=O)OCC(C)O.CCC[CH2][Sn]([CH3])([CH3])[CH](C)CCC. The van der Waals surface area contributed by atoms with Gasteiger partial charge in [0.1, 0.15) is 6.61 Å². The molecule has 4 heteroatoms. The van der Waals surface area contributed by atoms with Gasteiger partial charge in [-0.1, -0.05) is 19.8 Å². The summed E-state index contributed by atoms with van der Waals surface area (Å²) in [6, 6.07) is 0. The number of carbonyl (C=O) groups is 1. The van der Waals surface area contributed by atoms with E-state index < -0.39 is 24.5 Å². The molecule has 0 amide bonds. The van der Waals surface area contributed by atoms with Crippen LogP contribution in [0.5, 0.6) is 0 Å².